The number of halogens is 1. The number of methoxy groups -OCH3 is 1. The summed E-state index contributed by atoms with van der Waals surface area (Å²) in [4.78, 5) is 30.5. The Hall–Kier alpha value is -2.03. The average Bonchev–Trinajstić information content (AvgIpc) is 3.57. The first-order chi connectivity index (χ1) is 15.9. The molecule has 0 radical (unpaired) electrons. The highest BCUT2D eigenvalue weighted by Gasteiger charge is 2.46. The van der Waals surface area contributed by atoms with Crippen LogP contribution in [0.15, 0.2) is 24.3 Å². The fourth-order valence-electron chi connectivity index (χ4n) is 5.12. The first-order valence-corrected chi connectivity index (χ1v) is 12.3. The van der Waals surface area contributed by atoms with Crippen molar-refractivity contribution >= 4 is 11.8 Å². The second-order valence-corrected chi connectivity index (χ2v) is 9.88. The minimum atomic E-state index is -0.447. The van der Waals surface area contributed by atoms with Gasteiger partial charge in [-0.15, -0.1) is 0 Å². The van der Waals surface area contributed by atoms with Gasteiger partial charge in [0.2, 0.25) is 11.8 Å². The van der Waals surface area contributed by atoms with E-state index < -0.39 is 6.04 Å². The summed E-state index contributed by atoms with van der Waals surface area (Å²) in [5.41, 5.74) is 7.01. The molecule has 2 unspecified atom stereocenters. The van der Waals surface area contributed by atoms with Crippen molar-refractivity contribution in [2.45, 2.75) is 75.7 Å². The summed E-state index contributed by atoms with van der Waals surface area (Å²) in [7, 11) is 1.67. The van der Waals surface area contributed by atoms with Gasteiger partial charge in [0.25, 0.3) is 0 Å². The van der Waals surface area contributed by atoms with Gasteiger partial charge >= 0.3 is 0 Å². The summed E-state index contributed by atoms with van der Waals surface area (Å²) >= 11 is 0. The molecule has 3 N–H and O–H groups in total. The molecule has 2 saturated carbocycles. The molecular weight excluding hydrogens is 423 g/mol. The maximum absolute atomic E-state index is 13.4. The molecule has 2 atom stereocenters. The zero-order valence-electron chi connectivity index (χ0n) is 19.5. The number of nitrogens with one attached hydrogen (secondary N) is 1. The van der Waals surface area contributed by atoms with Crippen LogP contribution in [0.25, 0.3) is 0 Å². The van der Waals surface area contributed by atoms with E-state index in [-0.39, 0.29) is 41.7 Å². The second-order valence-electron chi connectivity index (χ2n) is 9.88. The van der Waals surface area contributed by atoms with Gasteiger partial charge in [0.1, 0.15) is 11.9 Å². The van der Waals surface area contributed by atoms with Crippen LogP contribution in [0.4, 0.5) is 4.39 Å². The smallest absolute Gasteiger partial charge is 0.243 e. The van der Waals surface area contributed by atoms with Crippen molar-refractivity contribution in [2.75, 3.05) is 26.8 Å². The largest absolute Gasteiger partial charge is 0.383 e. The van der Waals surface area contributed by atoms with Crippen LogP contribution in [-0.4, -0.2) is 72.6 Å². The molecule has 7 nitrogen and oxygen atoms in total. The van der Waals surface area contributed by atoms with Crippen LogP contribution in [0.5, 0.6) is 0 Å². The third kappa shape index (κ3) is 6.31. The Morgan fingerprint density at radius 2 is 1.85 bits per heavy atom. The van der Waals surface area contributed by atoms with Gasteiger partial charge in [0.15, 0.2) is 0 Å². The molecule has 1 saturated heterocycles. The number of carbonyl (C=O) groups excluding carboxylic acids is 2. The third-order valence-corrected chi connectivity index (χ3v) is 7.31. The van der Waals surface area contributed by atoms with Crippen LogP contribution in [0.3, 0.4) is 0 Å². The molecule has 33 heavy (non-hydrogen) atoms. The SMILES string of the molecule is COCCN(Cc1ccc(F)cc1)C1CC(C(=O)NC2CCC(N)CC2)N(C(=O)C2CC2)C1. The highest BCUT2D eigenvalue weighted by atomic mass is 19.1. The highest BCUT2D eigenvalue weighted by Crippen LogP contribution is 2.35. The lowest BCUT2D eigenvalue weighted by Gasteiger charge is -2.30. The first-order valence-electron chi connectivity index (χ1n) is 12.3. The number of ether oxygens (including phenoxy) is 1. The Morgan fingerprint density at radius 3 is 2.48 bits per heavy atom. The Kier molecular flexibility index (Phi) is 7.98. The predicted molar refractivity (Wildman–Crippen MR) is 124 cm³/mol. The molecule has 0 aromatic heterocycles. The molecule has 0 spiro atoms. The molecule has 4 rings (SSSR count). The molecule has 182 valence electrons. The third-order valence-electron chi connectivity index (χ3n) is 7.31. The van der Waals surface area contributed by atoms with Gasteiger partial charge in [-0.1, -0.05) is 12.1 Å². The lowest BCUT2D eigenvalue weighted by atomic mass is 9.91. The number of rotatable bonds is 9. The van der Waals surface area contributed by atoms with Crippen molar-refractivity contribution in [1.29, 1.82) is 0 Å². The zero-order chi connectivity index (χ0) is 23.4. The Labute approximate surface area is 195 Å². The molecule has 2 aliphatic carbocycles. The minimum absolute atomic E-state index is 0.0413. The number of benzene rings is 1. The molecule has 1 aromatic rings. The van der Waals surface area contributed by atoms with Gasteiger partial charge in [-0.2, -0.15) is 0 Å². The molecule has 8 heteroatoms. The van der Waals surface area contributed by atoms with Crippen molar-refractivity contribution in [3.63, 3.8) is 0 Å². The first kappa shape index (κ1) is 24.1. The topological polar surface area (TPSA) is 87.9 Å². The van der Waals surface area contributed by atoms with Gasteiger partial charge in [0, 0.05) is 50.8 Å². The van der Waals surface area contributed by atoms with Crippen LogP contribution in [-0.2, 0) is 20.9 Å². The molecule has 1 aromatic carbocycles. The number of hydrogen-bond acceptors (Lipinski definition) is 5. The number of likely N-dealkylation sites (tertiary alicyclic amines) is 1. The second kappa shape index (κ2) is 10.9. The lowest BCUT2D eigenvalue weighted by molar-refractivity contribution is -0.139. The van der Waals surface area contributed by atoms with Crippen molar-refractivity contribution in [3.05, 3.63) is 35.6 Å². The number of carbonyl (C=O) groups is 2. The molecule has 3 fully saturated rings. The predicted octanol–water partition coefficient (Wildman–Crippen LogP) is 2.04. The summed E-state index contributed by atoms with van der Waals surface area (Å²) in [6.45, 7) is 2.38. The van der Waals surface area contributed by atoms with Crippen molar-refractivity contribution in [2.24, 2.45) is 11.7 Å². The average molecular weight is 461 g/mol. The van der Waals surface area contributed by atoms with Gasteiger partial charge < -0.3 is 20.7 Å². The van der Waals surface area contributed by atoms with E-state index in [1.54, 1.807) is 19.2 Å². The van der Waals surface area contributed by atoms with E-state index in [0.29, 0.717) is 32.7 Å². The Morgan fingerprint density at radius 1 is 1.15 bits per heavy atom. The quantitative estimate of drug-likeness (QED) is 0.589. The lowest BCUT2D eigenvalue weighted by Crippen LogP contribution is -2.50. The molecule has 2 amide bonds. The van der Waals surface area contributed by atoms with Crippen LogP contribution in [0, 0.1) is 11.7 Å². The molecule has 1 aliphatic heterocycles. The van der Waals surface area contributed by atoms with Crippen LogP contribution >= 0.6 is 0 Å². The minimum Gasteiger partial charge on any atom is -0.383 e. The maximum Gasteiger partial charge on any atom is 0.243 e. The van der Waals surface area contributed by atoms with E-state index in [1.807, 2.05) is 4.90 Å². The van der Waals surface area contributed by atoms with Gasteiger partial charge in [-0.25, -0.2) is 4.39 Å². The van der Waals surface area contributed by atoms with Crippen LogP contribution in [0.2, 0.25) is 0 Å². The standard InChI is InChI=1S/C25H37FN4O3/c1-33-13-12-29(15-17-2-6-19(26)7-3-17)22-14-23(30(16-22)25(32)18-4-5-18)24(31)28-21-10-8-20(27)9-11-21/h2-3,6-7,18,20-23H,4-5,8-16,27H2,1H3,(H,28,31). The number of nitrogens with two attached hydrogens (primary N) is 1. The Balaban J connectivity index is 1.46. The molecular formula is C25H37FN4O3. The van der Waals surface area contributed by atoms with E-state index in [2.05, 4.69) is 10.2 Å². The summed E-state index contributed by atoms with van der Waals surface area (Å²) in [5, 5.41) is 3.21. The number of amides is 2. The van der Waals surface area contributed by atoms with Gasteiger partial charge in [0.05, 0.1) is 6.61 Å². The summed E-state index contributed by atoms with van der Waals surface area (Å²) in [6.07, 6.45) is 6.06. The highest BCUT2D eigenvalue weighted by molar-refractivity contribution is 5.90. The van der Waals surface area contributed by atoms with Gasteiger partial charge in [-0.05, 0) is 62.6 Å². The molecule has 1 heterocycles. The number of nitrogens with zero attached hydrogens (tertiary/aromatic N) is 2. The molecule has 0 bridgehead atoms. The Bertz CT molecular complexity index is 808. The van der Waals surface area contributed by atoms with E-state index in [0.717, 1.165) is 44.1 Å². The van der Waals surface area contributed by atoms with E-state index in [1.165, 1.54) is 12.1 Å². The fourth-order valence-corrected chi connectivity index (χ4v) is 5.12. The normalized spacial score (nSPS) is 27.7. The van der Waals surface area contributed by atoms with Crippen molar-refractivity contribution < 1.29 is 18.7 Å². The van der Waals surface area contributed by atoms with Gasteiger partial charge in [-0.3, -0.25) is 14.5 Å². The monoisotopic (exact) mass is 460 g/mol. The van der Waals surface area contributed by atoms with E-state index in [9.17, 15) is 14.0 Å². The summed E-state index contributed by atoms with van der Waals surface area (Å²) in [5.74, 6) is -0.127. The van der Waals surface area contributed by atoms with E-state index in [4.69, 9.17) is 10.5 Å². The maximum atomic E-state index is 13.4. The van der Waals surface area contributed by atoms with Crippen molar-refractivity contribution in [1.82, 2.24) is 15.1 Å². The fraction of sp³-hybridized carbons (Fsp3) is 0.680. The van der Waals surface area contributed by atoms with E-state index >= 15 is 0 Å². The van der Waals surface area contributed by atoms with Crippen LogP contribution < -0.4 is 11.1 Å². The van der Waals surface area contributed by atoms with Crippen LogP contribution in [0.1, 0.15) is 50.5 Å². The summed E-state index contributed by atoms with van der Waals surface area (Å²) < 4.78 is 18.7. The summed E-state index contributed by atoms with van der Waals surface area (Å²) in [6, 6.07) is 6.47. The number of hydrogen-bond donors (Lipinski definition) is 2. The zero-order valence-corrected chi connectivity index (χ0v) is 19.5. The van der Waals surface area contributed by atoms with Crippen molar-refractivity contribution in [3.8, 4) is 0 Å². The molecule has 3 aliphatic rings.